The van der Waals surface area contributed by atoms with Gasteiger partial charge in [0.25, 0.3) is 5.91 Å². The van der Waals surface area contributed by atoms with Gasteiger partial charge < -0.3 is 20.6 Å². The minimum absolute atomic E-state index is 0.124. The smallest absolute Gasteiger partial charge is 0.308 e. The average molecular weight is 291 g/mol. The number of aromatic hydroxyl groups is 2. The highest BCUT2D eigenvalue weighted by Crippen LogP contribution is 2.48. The van der Waals surface area contributed by atoms with Crippen molar-refractivity contribution in [1.29, 1.82) is 0 Å². The van der Waals surface area contributed by atoms with Gasteiger partial charge in [0, 0.05) is 17.7 Å². The first-order valence-corrected chi connectivity index (χ1v) is 7.02. The molecule has 0 aromatic heterocycles. The second-order valence-corrected chi connectivity index (χ2v) is 5.93. The molecule has 112 valence electrons. The molecule has 4 unspecified atom stereocenters. The highest BCUT2D eigenvalue weighted by atomic mass is 16.4. The molecule has 2 aliphatic rings. The van der Waals surface area contributed by atoms with E-state index in [0.29, 0.717) is 0 Å². The van der Waals surface area contributed by atoms with Gasteiger partial charge in [-0.05, 0) is 43.2 Å². The second-order valence-electron chi connectivity index (χ2n) is 5.93. The van der Waals surface area contributed by atoms with E-state index in [4.69, 9.17) is 0 Å². The molecular weight excluding hydrogens is 274 g/mol. The van der Waals surface area contributed by atoms with Gasteiger partial charge in [0.1, 0.15) is 11.5 Å². The van der Waals surface area contributed by atoms with Crippen LogP contribution in [0.2, 0.25) is 0 Å². The molecule has 4 atom stereocenters. The van der Waals surface area contributed by atoms with Crippen LogP contribution in [0.15, 0.2) is 18.2 Å². The van der Waals surface area contributed by atoms with E-state index < -0.39 is 17.8 Å². The van der Waals surface area contributed by atoms with E-state index in [1.807, 2.05) is 0 Å². The maximum absolute atomic E-state index is 12.2. The minimum Gasteiger partial charge on any atom is -0.508 e. The first-order chi connectivity index (χ1) is 9.95. The maximum Gasteiger partial charge on any atom is 0.308 e. The quantitative estimate of drug-likeness (QED) is 0.672. The summed E-state index contributed by atoms with van der Waals surface area (Å²) in [7, 11) is 0. The Labute approximate surface area is 121 Å². The summed E-state index contributed by atoms with van der Waals surface area (Å²) in [5, 5.41) is 30.9. The molecule has 0 saturated heterocycles. The number of fused-ring (bicyclic) bond motifs is 2. The molecule has 3 rings (SSSR count). The van der Waals surface area contributed by atoms with E-state index in [2.05, 4.69) is 5.32 Å². The third kappa shape index (κ3) is 2.41. The van der Waals surface area contributed by atoms with Crippen LogP contribution in [0.4, 0.5) is 0 Å². The zero-order chi connectivity index (χ0) is 15.1. The molecule has 0 aliphatic heterocycles. The summed E-state index contributed by atoms with van der Waals surface area (Å²) in [6.45, 7) is 0. The number of carbonyl (C=O) groups is 2. The van der Waals surface area contributed by atoms with E-state index >= 15 is 0 Å². The van der Waals surface area contributed by atoms with Crippen molar-refractivity contribution in [2.24, 2.45) is 17.8 Å². The molecule has 6 heteroatoms. The summed E-state index contributed by atoms with van der Waals surface area (Å²) in [5.41, 5.74) is 0.124. The van der Waals surface area contributed by atoms with Crippen LogP contribution in [-0.4, -0.2) is 33.2 Å². The van der Waals surface area contributed by atoms with Gasteiger partial charge in [-0.3, -0.25) is 9.59 Å². The van der Waals surface area contributed by atoms with Gasteiger partial charge in [0.05, 0.1) is 5.92 Å². The van der Waals surface area contributed by atoms with Crippen molar-refractivity contribution in [3.05, 3.63) is 23.8 Å². The number of phenols is 2. The number of rotatable bonds is 3. The Hall–Kier alpha value is -2.24. The van der Waals surface area contributed by atoms with E-state index in [-0.39, 0.29) is 34.9 Å². The Morgan fingerprint density at radius 2 is 1.67 bits per heavy atom. The first kappa shape index (κ1) is 13.7. The van der Waals surface area contributed by atoms with E-state index in [1.54, 1.807) is 0 Å². The Morgan fingerprint density at radius 3 is 2.29 bits per heavy atom. The number of hydrogen-bond acceptors (Lipinski definition) is 4. The first-order valence-electron chi connectivity index (χ1n) is 7.02. The van der Waals surface area contributed by atoms with Crippen molar-refractivity contribution in [1.82, 2.24) is 5.32 Å². The lowest BCUT2D eigenvalue weighted by Gasteiger charge is -2.28. The van der Waals surface area contributed by atoms with Crippen LogP contribution in [-0.2, 0) is 4.79 Å². The van der Waals surface area contributed by atoms with E-state index in [9.17, 15) is 24.9 Å². The SMILES string of the molecule is O=C(NC1C2CCC(C2)C1C(=O)O)c1cc(O)cc(O)c1. The zero-order valence-electron chi connectivity index (χ0n) is 11.3. The molecule has 0 heterocycles. The van der Waals surface area contributed by atoms with Crippen molar-refractivity contribution in [3.8, 4) is 11.5 Å². The van der Waals surface area contributed by atoms with Crippen LogP contribution in [0.3, 0.4) is 0 Å². The molecule has 2 saturated carbocycles. The van der Waals surface area contributed by atoms with Crippen molar-refractivity contribution in [2.75, 3.05) is 0 Å². The standard InChI is InChI=1S/C15H17NO5/c17-10-4-9(5-11(18)6-10)14(19)16-13-8-2-1-7(3-8)12(13)15(20)21/h4-8,12-13,17-18H,1-3H2,(H,16,19)(H,20,21). The summed E-state index contributed by atoms with van der Waals surface area (Å²) in [6.07, 6.45) is 2.68. The molecule has 0 radical (unpaired) electrons. The molecule has 2 fully saturated rings. The van der Waals surface area contributed by atoms with Crippen LogP contribution < -0.4 is 5.32 Å². The fourth-order valence-corrected chi connectivity index (χ4v) is 3.82. The third-order valence-electron chi connectivity index (χ3n) is 4.66. The Kier molecular flexibility index (Phi) is 3.23. The lowest BCUT2D eigenvalue weighted by Crippen LogP contribution is -2.46. The molecule has 2 bridgehead atoms. The highest BCUT2D eigenvalue weighted by Gasteiger charge is 2.51. The average Bonchev–Trinajstić information content (AvgIpc) is 2.97. The van der Waals surface area contributed by atoms with Crippen LogP contribution in [0.1, 0.15) is 29.6 Å². The molecule has 6 nitrogen and oxygen atoms in total. The van der Waals surface area contributed by atoms with E-state index in [1.165, 1.54) is 12.1 Å². The van der Waals surface area contributed by atoms with Gasteiger partial charge in [0.2, 0.25) is 0 Å². The number of benzene rings is 1. The van der Waals surface area contributed by atoms with E-state index in [0.717, 1.165) is 25.3 Å². The molecule has 2 aliphatic carbocycles. The molecule has 21 heavy (non-hydrogen) atoms. The zero-order valence-corrected chi connectivity index (χ0v) is 11.3. The van der Waals surface area contributed by atoms with Crippen LogP contribution in [0, 0.1) is 17.8 Å². The van der Waals surface area contributed by atoms with Crippen LogP contribution in [0.25, 0.3) is 0 Å². The number of nitrogens with one attached hydrogen (secondary N) is 1. The maximum atomic E-state index is 12.2. The van der Waals surface area contributed by atoms with Gasteiger partial charge in [-0.25, -0.2) is 0 Å². The lowest BCUT2D eigenvalue weighted by molar-refractivity contribution is -0.144. The minimum atomic E-state index is -0.869. The van der Waals surface area contributed by atoms with Crippen molar-refractivity contribution < 1.29 is 24.9 Å². The molecule has 1 aromatic carbocycles. The van der Waals surface area contributed by atoms with Crippen LogP contribution in [0.5, 0.6) is 11.5 Å². The largest absolute Gasteiger partial charge is 0.508 e. The van der Waals surface area contributed by atoms with Gasteiger partial charge in [0.15, 0.2) is 0 Å². The summed E-state index contributed by atoms with van der Waals surface area (Å²) < 4.78 is 0. The van der Waals surface area contributed by atoms with Gasteiger partial charge >= 0.3 is 5.97 Å². The Balaban J connectivity index is 1.79. The van der Waals surface area contributed by atoms with Crippen molar-refractivity contribution >= 4 is 11.9 Å². The molecule has 0 spiro atoms. The number of aliphatic carboxylic acids is 1. The Bertz CT molecular complexity index is 579. The monoisotopic (exact) mass is 291 g/mol. The van der Waals surface area contributed by atoms with Gasteiger partial charge in [-0.2, -0.15) is 0 Å². The number of carboxylic acid groups (broad SMARTS) is 1. The van der Waals surface area contributed by atoms with Gasteiger partial charge in [-0.1, -0.05) is 0 Å². The number of amides is 1. The fourth-order valence-electron chi connectivity index (χ4n) is 3.82. The third-order valence-corrected chi connectivity index (χ3v) is 4.66. The van der Waals surface area contributed by atoms with Crippen LogP contribution >= 0.6 is 0 Å². The molecule has 1 aromatic rings. The summed E-state index contributed by atoms with van der Waals surface area (Å²) in [4.78, 5) is 23.6. The second kappa shape index (κ2) is 4.95. The summed E-state index contributed by atoms with van der Waals surface area (Å²) in [5.74, 6) is -1.96. The summed E-state index contributed by atoms with van der Waals surface area (Å²) >= 11 is 0. The number of carboxylic acids is 1. The van der Waals surface area contributed by atoms with Crippen molar-refractivity contribution in [3.63, 3.8) is 0 Å². The molecule has 1 amide bonds. The predicted molar refractivity (Wildman–Crippen MR) is 73.0 cm³/mol. The summed E-state index contributed by atoms with van der Waals surface area (Å²) in [6, 6.07) is 3.25. The predicted octanol–water partition coefficient (Wildman–Crippen LogP) is 1.33. The molecule has 4 N–H and O–H groups in total. The number of hydrogen-bond donors (Lipinski definition) is 4. The highest BCUT2D eigenvalue weighted by molar-refractivity contribution is 5.95. The van der Waals surface area contributed by atoms with Crippen molar-refractivity contribution in [2.45, 2.75) is 25.3 Å². The number of phenolic OH excluding ortho intramolecular Hbond substituents is 2. The van der Waals surface area contributed by atoms with Gasteiger partial charge in [-0.15, -0.1) is 0 Å². The normalized spacial score (nSPS) is 30.3. The lowest BCUT2D eigenvalue weighted by atomic mass is 9.84. The molecular formula is C15H17NO5. The fraction of sp³-hybridized carbons (Fsp3) is 0.467. The number of carbonyl (C=O) groups excluding carboxylic acids is 1. The topological polar surface area (TPSA) is 107 Å². The Morgan fingerprint density at radius 1 is 1.05 bits per heavy atom.